The molecule has 36 heavy (non-hydrogen) atoms. The van der Waals surface area contributed by atoms with Crippen molar-refractivity contribution in [3.63, 3.8) is 0 Å². The maximum Gasteiger partial charge on any atom is 0.248 e. The van der Waals surface area contributed by atoms with Gasteiger partial charge < -0.3 is 15.4 Å². The van der Waals surface area contributed by atoms with Gasteiger partial charge in [-0.05, 0) is 62.7 Å². The summed E-state index contributed by atoms with van der Waals surface area (Å²) in [4.78, 5) is 45.1. The van der Waals surface area contributed by atoms with Crippen LogP contribution in [-0.2, 0) is 14.4 Å². The van der Waals surface area contributed by atoms with Gasteiger partial charge in [0.25, 0.3) is 0 Å². The van der Waals surface area contributed by atoms with Crippen LogP contribution in [0.1, 0.15) is 43.9 Å². The van der Waals surface area contributed by atoms with Gasteiger partial charge >= 0.3 is 0 Å². The van der Waals surface area contributed by atoms with Crippen molar-refractivity contribution in [1.29, 1.82) is 0 Å². The highest BCUT2D eigenvalue weighted by atomic mass is 16.5. The number of aryl methyl sites for hydroxylation is 1. The van der Waals surface area contributed by atoms with Crippen LogP contribution in [0.3, 0.4) is 0 Å². The van der Waals surface area contributed by atoms with Crippen molar-refractivity contribution in [2.75, 3.05) is 17.3 Å². The van der Waals surface area contributed by atoms with Crippen molar-refractivity contribution in [2.24, 2.45) is 0 Å². The predicted octanol–water partition coefficient (Wildman–Crippen LogP) is 4.42. The minimum Gasteiger partial charge on any atom is -0.497 e. The molecule has 0 saturated heterocycles. The van der Waals surface area contributed by atoms with Crippen LogP contribution >= 0.6 is 0 Å². The molecule has 3 amide bonds. The van der Waals surface area contributed by atoms with Gasteiger partial charge in [-0.25, -0.2) is 4.98 Å². The number of hydrogen-bond donors (Lipinski definition) is 2. The Morgan fingerprint density at radius 2 is 1.64 bits per heavy atom. The van der Waals surface area contributed by atoms with E-state index < -0.39 is 6.04 Å². The van der Waals surface area contributed by atoms with Crippen LogP contribution in [0.5, 0.6) is 5.75 Å². The first kappa shape index (κ1) is 26.4. The maximum absolute atomic E-state index is 13.6. The van der Waals surface area contributed by atoms with E-state index in [1.54, 1.807) is 55.8 Å². The minimum absolute atomic E-state index is 0.0610. The Kier molecular flexibility index (Phi) is 9.16. The lowest BCUT2D eigenvalue weighted by Crippen LogP contribution is -2.46. The van der Waals surface area contributed by atoms with Gasteiger partial charge in [0.05, 0.1) is 7.11 Å². The van der Waals surface area contributed by atoms with Crippen LogP contribution in [0.4, 0.5) is 11.5 Å². The van der Waals surface area contributed by atoms with Crippen molar-refractivity contribution in [1.82, 2.24) is 10.3 Å². The highest BCUT2D eigenvalue weighted by Crippen LogP contribution is 2.31. The summed E-state index contributed by atoms with van der Waals surface area (Å²) in [5.41, 5.74) is 2.23. The van der Waals surface area contributed by atoms with Crippen molar-refractivity contribution in [3.8, 4) is 5.75 Å². The summed E-state index contributed by atoms with van der Waals surface area (Å²) in [5, 5.41) is 5.63. The van der Waals surface area contributed by atoms with Crippen molar-refractivity contribution >= 4 is 29.2 Å². The maximum atomic E-state index is 13.6. The Bertz CT molecular complexity index is 1160. The summed E-state index contributed by atoms with van der Waals surface area (Å²) in [5.74, 6) is 0.0298. The molecule has 8 heteroatoms. The third kappa shape index (κ3) is 7.15. The van der Waals surface area contributed by atoms with E-state index in [2.05, 4.69) is 15.6 Å². The van der Waals surface area contributed by atoms with E-state index in [9.17, 15) is 14.4 Å². The first-order valence-electron chi connectivity index (χ1n) is 11.8. The number of methoxy groups -OCH3 is 1. The summed E-state index contributed by atoms with van der Waals surface area (Å²) in [6, 6.07) is 18.6. The lowest BCUT2D eigenvalue weighted by Gasteiger charge is -2.32. The van der Waals surface area contributed by atoms with Crippen LogP contribution in [0.2, 0.25) is 0 Å². The number of carbonyl (C=O) groups excluding carboxylic acids is 3. The highest BCUT2D eigenvalue weighted by Gasteiger charge is 2.33. The number of hydrogen-bond acceptors (Lipinski definition) is 5. The molecule has 0 saturated carbocycles. The lowest BCUT2D eigenvalue weighted by atomic mass is 10.0. The summed E-state index contributed by atoms with van der Waals surface area (Å²) in [6.45, 7) is 5.69. The molecular weight excluding hydrogens is 456 g/mol. The SMILES string of the molecule is COc1ccc(N(C(=O)CCC(=O)Nc2ccccn2)[C@@H](C(=O)NC(C)C)c2ccc(C)cc2)cc1. The minimum atomic E-state index is -0.923. The molecule has 8 nitrogen and oxygen atoms in total. The van der Waals surface area contributed by atoms with Gasteiger partial charge in [-0.2, -0.15) is 0 Å². The Balaban J connectivity index is 1.93. The molecule has 0 aliphatic carbocycles. The van der Waals surface area contributed by atoms with Crippen LogP contribution < -0.4 is 20.3 Å². The van der Waals surface area contributed by atoms with Gasteiger partial charge in [-0.1, -0.05) is 35.9 Å². The Morgan fingerprint density at radius 1 is 0.944 bits per heavy atom. The molecule has 2 aromatic carbocycles. The zero-order chi connectivity index (χ0) is 26.1. The molecule has 0 radical (unpaired) electrons. The van der Waals surface area contributed by atoms with Gasteiger partial charge in [0.15, 0.2) is 0 Å². The molecule has 0 unspecified atom stereocenters. The molecule has 3 aromatic rings. The number of rotatable bonds is 10. The summed E-state index contributed by atoms with van der Waals surface area (Å²) >= 11 is 0. The molecule has 0 aliphatic rings. The van der Waals surface area contributed by atoms with Crippen molar-refractivity contribution in [2.45, 2.75) is 45.7 Å². The van der Waals surface area contributed by atoms with Crippen LogP contribution in [0.25, 0.3) is 0 Å². The smallest absolute Gasteiger partial charge is 0.248 e. The Hall–Kier alpha value is -4.20. The second-order valence-electron chi connectivity index (χ2n) is 8.70. The normalized spacial score (nSPS) is 11.5. The largest absolute Gasteiger partial charge is 0.497 e. The number of aromatic nitrogens is 1. The second-order valence-corrected chi connectivity index (χ2v) is 8.70. The molecule has 3 rings (SSSR count). The van der Waals surface area contributed by atoms with E-state index in [1.165, 1.54) is 4.90 Å². The number of carbonyl (C=O) groups is 3. The number of benzene rings is 2. The van der Waals surface area contributed by atoms with Crippen LogP contribution in [0.15, 0.2) is 72.9 Å². The van der Waals surface area contributed by atoms with E-state index in [0.29, 0.717) is 22.8 Å². The summed E-state index contributed by atoms with van der Waals surface area (Å²) in [7, 11) is 1.56. The average molecular weight is 489 g/mol. The molecule has 0 aliphatic heterocycles. The first-order chi connectivity index (χ1) is 17.3. The second kappa shape index (κ2) is 12.5. The quantitative estimate of drug-likeness (QED) is 0.440. The fourth-order valence-electron chi connectivity index (χ4n) is 3.69. The average Bonchev–Trinajstić information content (AvgIpc) is 2.87. The molecule has 0 bridgehead atoms. The zero-order valence-electron chi connectivity index (χ0n) is 21.0. The summed E-state index contributed by atoms with van der Waals surface area (Å²) < 4.78 is 5.26. The number of amides is 3. The monoisotopic (exact) mass is 488 g/mol. The number of nitrogens with zero attached hydrogens (tertiary/aromatic N) is 2. The van der Waals surface area contributed by atoms with Gasteiger partial charge in [0.2, 0.25) is 17.7 Å². The third-order valence-corrected chi connectivity index (χ3v) is 5.45. The molecule has 1 aromatic heterocycles. The van der Waals surface area contributed by atoms with Crippen molar-refractivity contribution in [3.05, 3.63) is 84.1 Å². The lowest BCUT2D eigenvalue weighted by molar-refractivity contribution is -0.127. The third-order valence-electron chi connectivity index (χ3n) is 5.45. The number of ether oxygens (including phenoxy) is 1. The molecule has 188 valence electrons. The molecular formula is C28H32N4O4. The van der Waals surface area contributed by atoms with E-state index in [-0.39, 0.29) is 36.6 Å². The van der Waals surface area contributed by atoms with Gasteiger partial charge in [-0.3, -0.25) is 19.3 Å². The van der Waals surface area contributed by atoms with Crippen molar-refractivity contribution < 1.29 is 19.1 Å². The molecule has 0 spiro atoms. The van der Waals surface area contributed by atoms with Gasteiger partial charge in [0.1, 0.15) is 17.6 Å². The highest BCUT2D eigenvalue weighted by molar-refractivity contribution is 6.03. The Morgan fingerprint density at radius 3 is 2.22 bits per heavy atom. The predicted molar refractivity (Wildman–Crippen MR) is 140 cm³/mol. The molecule has 0 fully saturated rings. The molecule has 1 heterocycles. The summed E-state index contributed by atoms with van der Waals surface area (Å²) in [6.07, 6.45) is 1.42. The Labute approximate surface area is 211 Å². The molecule has 2 N–H and O–H groups in total. The first-order valence-corrected chi connectivity index (χ1v) is 11.8. The van der Waals surface area contributed by atoms with Crippen LogP contribution in [0, 0.1) is 6.92 Å². The van der Waals surface area contributed by atoms with Gasteiger partial charge in [-0.15, -0.1) is 0 Å². The topological polar surface area (TPSA) is 101 Å². The van der Waals surface area contributed by atoms with E-state index in [4.69, 9.17) is 4.74 Å². The van der Waals surface area contributed by atoms with Crippen LogP contribution in [-0.4, -0.2) is 35.9 Å². The number of nitrogens with one attached hydrogen (secondary N) is 2. The van der Waals surface area contributed by atoms with E-state index in [0.717, 1.165) is 5.56 Å². The van der Waals surface area contributed by atoms with E-state index in [1.807, 2.05) is 45.0 Å². The molecule has 1 atom stereocenters. The fourth-order valence-corrected chi connectivity index (χ4v) is 3.69. The number of pyridine rings is 1. The van der Waals surface area contributed by atoms with Gasteiger partial charge in [0, 0.05) is 30.8 Å². The van der Waals surface area contributed by atoms with E-state index >= 15 is 0 Å². The fraction of sp³-hybridized carbons (Fsp3) is 0.286. The number of anilines is 2. The zero-order valence-corrected chi connectivity index (χ0v) is 21.0. The standard InChI is InChI=1S/C28H32N4O4/c1-19(2)30-28(35)27(21-10-8-20(3)9-11-21)32(22-12-14-23(36-4)15-13-22)26(34)17-16-25(33)31-24-7-5-6-18-29-24/h5-15,18-19,27H,16-17H2,1-4H3,(H,30,35)(H,29,31,33)/t27-/m1/s1.